The zero-order chi connectivity index (χ0) is 19.0. The van der Waals surface area contributed by atoms with Crippen molar-refractivity contribution in [3.8, 4) is 0 Å². The van der Waals surface area contributed by atoms with E-state index in [1.807, 2.05) is 38.1 Å². The molecule has 4 aromatic rings. The summed E-state index contributed by atoms with van der Waals surface area (Å²) in [6, 6.07) is 7.46. The maximum Gasteiger partial charge on any atom is 0.259 e. The quantitative estimate of drug-likeness (QED) is 0.547. The van der Waals surface area contributed by atoms with Crippen LogP contribution in [0.5, 0.6) is 0 Å². The summed E-state index contributed by atoms with van der Waals surface area (Å²) in [7, 11) is 0. The molecule has 0 aliphatic carbocycles. The van der Waals surface area contributed by atoms with E-state index in [4.69, 9.17) is 0 Å². The number of hydrogen-bond donors (Lipinski definition) is 2. The molecule has 2 N–H and O–H groups in total. The molecule has 0 atom stereocenters. The number of benzene rings is 1. The second-order valence-electron chi connectivity index (χ2n) is 6.30. The second-order valence-corrected chi connectivity index (χ2v) is 7.50. The van der Waals surface area contributed by atoms with Crippen LogP contribution in [0, 0.1) is 13.8 Å². The number of aromatic amines is 1. The number of rotatable bonds is 5. The number of H-pyrrole nitrogens is 1. The Labute approximate surface area is 158 Å². The van der Waals surface area contributed by atoms with E-state index < -0.39 is 0 Å². The van der Waals surface area contributed by atoms with E-state index >= 15 is 0 Å². The summed E-state index contributed by atoms with van der Waals surface area (Å²) >= 11 is 1.51. The highest BCUT2D eigenvalue weighted by Crippen LogP contribution is 2.25. The van der Waals surface area contributed by atoms with Crippen LogP contribution in [0.15, 0.2) is 29.1 Å². The Kier molecular flexibility index (Phi) is 4.44. The minimum absolute atomic E-state index is 0.0426. The monoisotopic (exact) mass is 382 g/mol. The Morgan fingerprint density at radius 1 is 1.22 bits per heavy atom. The molecule has 0 bridgehead atoms. The van der Waals surface area contributed by atoms with Crippen LogP contribution < -0.4 is 10.9 Å². The number of hydrogen-bond acceptors (Lipinski definition) is 6. The van der Waals surface area contributed by atoms with Crippen molar-refractivity contribution in [3.05, 3.63) is 50.9 Å². The van der Waals surface area contributed by atoms with Gasteiger partial charge in [0, 0.05) is 17.8 Å². The highest BCUT2D eigenvalue weighted by atomic mass is 32.1. The molecule has 3 aromatic heterocycles. The SMILES string of the molecule is Cc1sc2nc(CCNC(=O)Cn3nc4ccccc4n3)[nH]c(=O)c2c1C. The van der Waals surface area contributed by atoms with E-state index in [9.17, 15) is 9.59 Å². The fraction of sp³-hybridized carbons (Fsp3) is 0.278. The number of carbonyl (C=O) groups is 1. The van der Waals surface area contributed by atoms with E-state index in [1.54, 1.807) is 0 Å². The molecule has 8 nitrogen and oxygen atoms in total. The Balaban J connectivity index is 1.38. The summed E-state index contributed by atoms with van der Waals surface area (Å²) in [4.78, 5) is 34.9. The predicted octanol–water partition coefficient (Wildman–Crippen LogP) is 1.71. The Morgan fingerprint density at radius 2 is 1.93 bits per heavy atom. The summed E-state index contributed by atoms with van der Waals surface area (Å²) in [6.07, 6.45) is 0.446. The zero-order valence-electron chi connectivity index (χ0n) is 14.9. The molecule has 0 unspecified atom stereocenters. The number of nitrogens with zero attached hydrogens (tertiary/aromatic N) is 4. The first-order valence-corrected chi connectivity index (χ1v) is 9.38. The second kappa shape index (κ2) is 6.92. The summed E-state index contributed by atoms with van der Waals surface area (Å²) in [5.41, 5.74) is 2.35. The van der Waals surface area contributed by atoms with E-state index in [-0.39, 0.29) is 18.0 Å². The maximum absolute atomic E-state index is 12.3. The molecule has 1 aromatic carbocycles. The lowest BCUT2D eigenvalue weighted by molar-refractivity contribution is -0.122. The van der Waals surface area contributed by atoms with Gasteiger partial charge in [-0.05, 0) is 31.5 Å². The van der Waals surface area contributed by atoms with Gasteiger partial charge in [0.25, 0.3) is 5.56 Å². The van der Waals surface area contributed by atoms with Crippen LogP contribution in [-0.4, -0.2) is 37.4 Å². The fourth-order valence-electron chi connectivity index (χ4n) is 2.90. The number of amides is 1. The van der Waals surface area contributed by atoms with Crippen molar-refractivity contribution in [2.24, 2.45) is 0 Å². The van der Waals surface area contributed by atoms with Crippen molar-refractivity contribution in [2.75, 3.05) is 6.54 Å². The number of fused-ring (bicyclic) bond motifs is 2. The maximum atomic E-state index is 12.3. The lowest BCUT2D eigenvalue weighted by Crippen LogP contribution is -2.30. The number of carbonyl (C=O) groups excluding carboxylic acids is 1. The highest BCUT2D eigenvalue weighted by molar-refractivity contribution is 7.18. The first-order valence-electron chi connectivity index (χ1n) is 8.57. The van der Waals surface area contributed by atoms with Gasteiger partial charge in [0.15, 0.2) is 0 Å². The van der Waals surface area contributed by atoms with Crippen molar-refractivity contribution < 1.29 is 4.79 Å². The minimum atomic E-state index is -0.193. The predicted molar refractivity (Wildman–Crippen MR) is 104 cm³/mol. The topological polar surface area (TPSA) is 106 Å². The number of aryl methyl sites for hydroxylation is 2. The smallest absolute Gasteiger partial charge is 0.259 e. The highest BCUT2D eigenvalue weighted by Gasteiger charge is 2.12. The molecule has 138 valence electrons. The van der Waals surface area contributed by atoms with Gasteiger partial charge in [0.2, 0.25) is 5.91 Å². The van der Waals surface area contributed by atoms with E-state index in [1.165, 1.54) is 16.1 Å². The third kappa shape index (κ3) is 3.45. The normalized spacial score (nSPS) is 11.3. The van der Waals surface area contributed by atoms with E-state index in [0.29, 0.717) is 24.2 Å². The van der Waals surface area contributed by atoms with Gasteiger partial charge >= 0.3 is 0 Å². The molecular weight excluding hydrogens is 364 g/mol. The molecule has 0 radical (unpaired) electrons. The number of thiophene rings is 1. The van der Waals surface area contributed by atoms with Gasteiger partial charge in [0.05, 0.1) is 5.39 Å². The molecule has 3 heterocycles. The molecule has 0 aliphatic rings. The molecule has 4 rings (SSSR count). The molecular formula is C18H18N6O2S. The molecule has 0 spiro atoms. The van der Waals surface area contributed by atoms with Crippen LogP contribution in [0.2, 0.25) is 0 Å². The van der Waals surface area contributed by atoms with Crippen molar-refractivity contribution in [1.82, 2.24) is 30.3 Å². The Morgan fingerprint density at radius 3 is 2.63 bits per heavy atom. The third-order valence-corrected chi connectivity index (χ3v) is 5.49. The summed E-state index contributed by atoms with van der Waals surface area (Å²) < 4.78 is 0. The minimum Gasteiger partial charge on any atom is -0.354 e. The van der Waals surface area contributed by atoms with Gasteiger partial charge in [-0.1, -0.05) is 12.1 Å². The van der Waals surface area contributed by atoms with Crippen LogP contribution in [0.4, 0.5) is 0 Å². The first-order chi connectivity index (χ1) is 13.0. The molecule has 0 fully saturated rings. The van der Waals surface area contributed by atoms with Crippen LogP contribution in [0.25, 0.3) is 21.3 Å². The van der Waals surface area contributed by atoms with Gasteiger partial charge in [-0.25, -0.2) is 4.98 Å². The van der Waals surface area contributed by atoms with Crippen molar-refractivity contribution in [3.63, 3.8) is 0 Å². The van der Waals surface area contributed by atoms with Crippen LogP contribution in [-0.2, 0) is 17.8 Å². The molecule has 0 saturated carbocycles. The fourth-order valence-corrected chi connectivity index (χ4v) is 3.95. The van der Waals surface area contributed by atoms with Crippen molar-refractivity contribution in [2.45, 2.75) is 26.8 Å². The standard InChI is InChI=1S/C18H18N6O2S/c1-10-11(2)27-18-16(10)17(26)20-14(21-18)7-8-19-15(25)9-24-22-12-5-3-4-6-13(12)23-24/h3-6H,7-9H2,1-2H3,(H,19,25)(H,20,21,26). The van der Waals surface area contributed by atoms with Crippen LogP contribution >= 0.6 is 11.3 Å². The summed E-state index contributed by atoms with van der Waals surface area (Å²) in [5, 5.41) is 12.0. The van der Waals surface area contributed by atoms with Crippen molar-refractivity contribution >= 4 is 38.5 Å². The zero-order valence-corrected chi connectivity index (χ0v) is 15.8. The molecule has 0 aliphatic heterocycles. The van der Waals surface area contributed by atoms with Gasteiger partial charge in [-0.2, -0.15) is 15.0 Å². The largest absolute Gasteiger partial charge is 0.354 e. The van der Waals surface area contributed by atoms with Crippen LogP contribution in [0.1, 0.15) is 16.3 Å². The summed E-state index contributed by atoms with van der Waals surface area (Å²) in [6.45, 7) is 4.32. The lowest BCUT2D eigenvalue weighted by atomic mass is 10.2. The number of aromatic nitrogens is 5. The summed E-state index contributed by atoms with van der Waals surface area (Å²) in [5.74, 6) is 0.374. The van der Waals surface area contributed by atoms with E-state index in [2.05, 4.69) is 25.5 Å². The number of nitrogens with one attached hydrogen (secondary N) is 2. The van der Waals surface area contributed by atoms with Gasteiger partial charge in [-0.15, -0.1) is 11.3 Å². The Hall–Kier alpha value is -3.07. The molecule has 0 saturated heterocycles. The average Bonchev–Trinajstić information content (AvgIpc) is 3.15. The molecule has 27 heavy (non-hydrogen) atoms. The third-order valence-electron chi connectivity index (χ3n) is 4.39. The average molecular weight is 382 g/mol. The van der Waals surface area contributed by atoms with Crippen LogP contribution in [0.3, 0.4) is 0 Å². The molecule has 9 heteroatoms. The van der Waals surface area contributed by atoms with Gasteiger partial charge in [-0.3, -0.25) is 9.59 Å². The Bertz CT molecular complexity index is 1170. The molecule has 1 amide bonds. The first kappa shape index (κ1) is 17.3. The van der Waals surface area contributed by atoms with E-state index in [0.717, 1.165) is 26.3 Å². The van der Waals surface area contributed by atoms with Gasteiger partial charge < -0.3 is 10.3 Å². The van der Waals surface area contributed by atoms with Crippen molar-refractivity contribution in [1.29, 1.82) is 0 Å². The lowest BCUT2D eigenvalue weighted by Gasteiger charge is -2.04. The van der Waals surface area contributed by atoms with Gasteiger partial charge in [0.1, 0.15) is 28.2 Å².